The first kappa shape index (κ1) is 18.5. The number of nitrogens with zero attached hydrogens (tertiary/aromatic N) is 5. The van der Waals surface area contributed by atoms with E-state index < -0.39 is 0 Å². The van der Waals surface area contributed by atoms with E-state index >= 15 is 0 Å². The van der Waals surface area contributed by atoms with Crippen molar-refractivity contribution >= 4 is 22.5 Å². The molecule has 1 fully saturated rings. The molecule has 1 atom stereocenters. The summed E-state index contributed by atoms with van der Waals surface area (Å²) in [5.74, 6) is 1.42. The summed E-state index contributed by atoms with van der Waals surface area (Å²) in [7, 11) is 1.62. The maximum Gasteiger partial charge on any atom is 0.257 e. The molecule has 0 bridgehead atoms. The van der Waals surface area contributed by atoms with Crippen molar-refractivity contribution < 1.29 is 9.53 Å². The zero-order valence-corrected chi connectivity index (χ0v) is 17.1. The molecular formula is C23H23N5O2. The normalized spacial score (nSPS) is 16.9. The molecule has 2 aromatic heterocycles. The third kappa shape index (κ3) is 3.07. The highest BCUT2D eigenvalue weighted by Gasteiger charge is 2.29. The minimum atomic E-state index is 0.00270. The predicted octanol–water partition coefficient (Wildman–Crippen LogP) is 3.61. The summed E-state index contributed by atoms with van der Waals surface area (Å²) in [6.07, 6.45) is 3.46. The Morgan fingerprint density at radius 3 is 2.93 bits per heavy atom. The topological polar surface area (TPSA) is 72.6 Å². The van der Waals surface area contributed by atoms with Crippen molar-refractivity contribution in [3.05, 3.63) is 65.7 Å². The fraction of sp³-hybridized carbons (Fsp3) is 0.304. The second-order valence-electron chi connectivity index (χ2n) is 7.75. The molecule has 1 aliphatic heterocycles. The number of likely N-dealkylation sites (tertiary alicyclic amines) is 1. The van der Waals surface area contributed by atoms with Crippen molar-refractivity contribution in [2.45, 2.75) is 25.7 Å². The number of fused-ring (bicyclic) bond motifs is 2. The second kappa shape index (κ2) is 7.40. The zero-order valence-electron chi connectivity index (χ0n) is 17.1. The van der Waals surface area contributed by atoms with Gasteiger partial charge in [-0.2, -0.15) is 10.1 Å². The van der Waals surface area contributed by atoms with E-state index in [1.807, 2.05) is 48.2 Å². The van der Waals surface area contributed by atoms with Gasteiger partial charge < -0.3 is 9.64 Å². The summed E-state index contributed by atoms with van der Waals surface area (Å²) >= 11 is 0. The van der Waals surface area contributed by atoms with Crippen molar-refractivity contribution in [1.82, 2.24) is 24.5 Å². The van der Waals surface area contributed by atoms with Crippen molar-refractivity contribution in [2.75, 3.05) is 20.2 Å². The molecule has 7 heteroatoms. The molecule has 0 radical (unpaired) electrons. The van der Waals surface area contributed by atoms with E-state index in [4.69, 9.17) is 4.74 Å². The van der Waals surface area contributed by atoms with Crippen LogP contribution in [-0.4, -0.2) is 50.6 Å². The van der Waals surface area contributed by atoms with E-state index in [0.717, 1.165) is 41.5 Å². The molecule has 0 aliphatic carbocycles. The molecule has 3 heterocycles. The predicted molar refractivity (Wildman–Crippen MR) is 114 cm³/mol. The molecule has 5 rings (SSSR count). The van der Waals surface area contributed by atoms with Crippen molar-refractivity contribution in [3.63, 3.8) is 0 Å². The number of methoxy groups -OCH3 is 1. The van der Waals surface area contributed by atoms with Gasteiger partial charge in [-0.3, -0.25) is 4.79 Å². The lowest BCUT2D eigenvalue weighted by molar-refractivity contribution is 0.0702. The van der Waals surface area contributed by atoms with E-state index in [2.05, 4.69) is 21.1 Å². The van der Waals surface area contributed by atoms with Gasteiger partial charge in [0.05, 0.1) is 18.4 Å². The van der Waals surface area contributed by atoms with Gasteiger partial charge in [-0.25, -0.2) is 9.50 Å². The average Bonchev–Trinajstić information content (AvgIpc) is 3.25. The number of aryl methyl sites for hydroxylation is 1. The minimum Gasteiger partial charge on any atom is -0.495 e. The molecule has 0 N–H and O–H groups in total. The van der Waals surface area contributed by atoms with Gasteiger partial charge >= 0.3 is 0 Å². The maximum absolute atomic E-state index is 13.5. The molecule has 30 heavy (non-hydrogen) atoms. The molecule has 4 aromatic rings. The molecule has 7 nitrogen and oxygen atoms in total. The van der Waals surface area contributed by atoms with Crippen LogP contribution in [0.1, 0.15) is 40.5 Å². The van der Waals surface area contributed by atoms with Crippen LogP contribution in [0.4, 0.5) is 0 Å². The highest BCUT2D eigenvalue weighted by molar-refractivity contribution is 6.03. The number of benzene rings is 2. The van der Waals surface area contributed by atoms with Crippen LogP contribution in [0.3, 0.4) is 0 Å². The lowest BCUT2D eigenvalue weighted by atomic mass is 9.93. The lowest BCUT2D eigenvalue weighted by Crippen LogP contribution is -2.39. The van der Waals surface area contributed by atoms with E-state index in [0.29, 0.717) is 23.6 Å². The Kier molecular flexibility index (Phi) is 4.58. The van der Waals surface area contributed by atoms with Gasteiger partial charge in [0.15, 0.2) is 0 Å². The second-order valence-corrected chi connectivity index (χ2v) is 7.75. The average molecular weight is 401 g/mol. The third-order valence-electron chi connectivity index (χ3n) is 5.85. The largest absolute Gasteiger partial charge is 0.495 e. The number of carbonyl (C=O) groups excluding carboxylic acids is 1. The molecule has 0 spiro atoms. The Balaban J connectivity index is 1.49. The van der Waals surface area contributed by atoms with Gasteiger partial charge in [-0.1, -0.05) is 30.3 Å². The maximum atomic E-state index is 13.5. The van der Waals surface area contributed by atoms with Gasteiger partial charge in [0.1, 0.15) is 12.1 Å². The Bertz CT molecular complexity index is 1250. The van der Waals surface area contributed by atoms with Crippen LogP contribution in [-0.2, 0) is 0 Å². The number of carbonyl (C=O) groups is 1. The Morgan fingerprint density at radius 1 is 1.20 bits per heavy atom. The van der Waals surface area contributed by atoms with Crippen LogP contribution in [0, 0.1) is 6.92 Å². The van der Waals surface area contributed by atoms with Crippen LogP contribution in [0.2, 0.25) is 0 Å². The number of rotatable bonds is 3. The SMILES string of the molecule is COc1c(C(=O)N2CCCC(c3cc(C)nc4ncnn34)C2)ccc2ccccc12. The Morgan fingerprint density at radius 2 is 2.07 bits per heavy atom. The number of hydrogen-bond acceptors (Lipinski definition) is 5. The Labute approximate surface area is 174 Å². The molecular weight excluding hydrogens is 378 g/mol. The van der Waals surface area contributed by atoms with E-state index in [1.54, 1.807) is 11.6 Å². The van der Waals surface area contributed by atoms with Gasteiger partial charge in [-0.05, 0) is 37.3 Å². The van der Waals surface area contributed by atoms with Crippen molar-refractivity contribution in [1.29, 1.82) is 0 Å². The summed E-state index contributed by atoms with van der Waals surface area (Å²) in [5, 5.41) is 6.36. The smallest absolute Gasteiger partial charge is 0.257 e. The fourth-order valence-electron chi connectivity index (χ4n) is 4.45. The van der Waals surface area contributed by atoms with Crippen LogP contribution >= 0.6 is 0 Å². The third-order valence-corrected chi connectivity index (χ3v) is 5.85. The van der Waals surface area contributed by atoms with Crippen LogP contribution in [0.25, 0.3) is 16.6 Å². The molecule has 2 aromatic carbocycles. The standard InChI is InChI=1S/C23H23N5O2/c1-15-12-20(28-23(26-15)24-14-25-28)17-7-5-11-27(13-17)22(29)19-10-9-16-6-3-4-8-18(16)21(19)30-2/h3-4,6,8-10,12,14,17H,5,7,11,13H2,1-2H3. The van der Waals surface area contributed by atoms with Gasteiger partial charge in [0.25, 0.3) is 11.7 Å². The van der Waals surface area contributed by atoms with Crippen LogP contribution < -0.4 is 4.74 Å². The number of hydrogen-bond donors (Lipinski definition) is 0. The molecule has 0 saturated carbocycles. The fourth-order valence-corrected chi connectivity index (χ4v) is 4.45. The van der Waals surface area contributed by atoms with E-state index in [-0.39, 0.29) is 11.8 Å². The van der Waals surface area contributed by atoms with Gasteiger partial charge in [0.2, 0.25) is 0 Å². The quantitative estimate of drug-likeness (QED) is 0.524. The first-order valence-corrected chi connectivity index (χ1v) is 10.2. The van der Waals surface area contributed by atoms with Gasteiger partial charge in [0, 0.05) is 30.1 Å². The highest BCUT2D eigenvalue weighted by Crippen LogP contribution is 2.33. The first-order valence-electron chi connectivity index (χ1n) is 10.2. The summed E-state index contributed by atoms with van der Waals surface area (Å²) in [5.41, 5.74) is 2.57. The Hall–Kier alpha value is -3.48. The first-order chi connectivity index (χ1) is 14.7. The highest BCUT2D eigenvalue weighted by atomic mass is 16.5. The van der Waals surface area contributed by atoms with Crippen LogP contribution in [0.15, 0.2) is 48.8 Å². The number of ether oxygens (including phenoxy) is 1. The van der Waals surface area contributed by atoms with Crippen LogP contribution in [0.5, 0.6) is 5.75 Å². The number of amides is 1. The minimum absolute atomic E-state index is 0.00270. The number of aromatic nitrogens is 4. The van der Waals surface area contributed by atoms with Crippen molar-refractivity contribution in [3.8, 4) is 5.75 Å². The van der Waals surface area contributed by atoms with E-state index in [9.17, 15) is 4.79 Å². The monoisotopic (exact) mass is 401 g/mol. The summed E-state index contributed by atoms with van der Waals surface area (Å²) in [4.78, 5) is 24.1. The summed E-state index contributed by atoms with van der Waals surface area (Å²) < 4.78 is 7.46. The van der Waals surface area contributed by atoms with Gasteiger partial charge in [-0.15, -0.1) is 0 Å². The lowest BCUT2D eigenvalue weighted by Gasteiger charge is -2.33. The molecule has 1 aliphatic rings. The number of piperidine rings is 1. The molecule has 1 saturated heterocycles. The van der Waals surface area contributed by atoms with E-state index in [1.165, 1.54) is 6.33 Å². The molecule has 1 amide bonds. The molecule has 1 unspecified atom stereocenters. The summed E-state index contributed by atoms with van der Waals surface area (Å²) in [6.45, 7) is 3.33. The zero-order chi connectivity index (χ0) is 20.7. The molecule has 152 valence electrons. The van der Waals surface area contributed by atoms with Crippen molar-refractivity contribution in [2.24, 2.45) is 0 Å². The summed E-state index contributed by atoms with van der Waals surface area (Å²) in [6, 6.07) is 13.9.